The van der Waals surface area contributed by atoms with Gasteiger partial charge in [0.15, 0.2) is 0 Å². The summed E-state index contributed by atoms with van der Waals surface area (Å²) in [7, 11) is 0. The molecule has 3 N–H and O–H groups in total. The number of aromatic hydroxyl groups is 1. The molecule has 0 saturated carbocycles. The quantitative estimate of drug-likeness (QED) is 0.510. The highest BCUT2D eigenvalue weighted by atomic mass is 35.5. The highest BCUT2D eigenvalue weighted by Crippen LogP contribution is 2.49. The standard InChI is InChI=1S/C25H23Cl2N3O2/c26-18-11-10-16(14-19(18)27)24-21-22(17-8-4-5-9-20(17)31)28-29-23(21)25(32)30(24)13-12-15-6-2-1-3-7-15/h1-11,14,21-24,28-29,31H,12-13H2. The van der Waals surface area contributed by atoms with E-state index in [1.54, 1.807) is 18.2 Å². The van der Waals surface area contributed by atoms with E-state index in [-0.39, 0.29) is 29.7 Å². The molecular weight excluding hydrogens is 445 g/mol. The second-order valence-corrected chi connectivity index (χ2v) is 9.08. The first kappa shape index (κ1) is 21.3. The number of para-hydroxylation sites is 1. The number of carbonyl (C=O) groups excluding carboxylic acids is 1. The van der Waals surface area contributed by atoms with E-state index in [2.05, 4.69) is 23.0 Å². The summed E-state index contributed by atoms with van der Waals surface area (Å²) in [4.78, 5) is 15.4. The van der Waals surface area contributed by atoms with Crippen LogP contribution in [0.2, 0.25) is 10.0 Å². The maximum absolute atomic E-state index is 13.5. The first-order chi connectivity index (χ1) is 15.5. The van der Waals surface area contributed by atoms with Gasteiger partial charge in [-0.2, -0.15) is 0 Å². The number of fused-ring (bicyclic) bond motifs is 1. The fourth-order valence-corrected chi connectivity index (χ4v) is 5.26. The van der Waals surface area contributed by atoms with E-state index in [9.17, 15) is 9.90 Å². The number of phenolic OH excluding ortho intramolecular Hbond substituents is 1. The number of carbonyl (C=O) groups is 1. The molecule has 5 nitrogen and oxygen atoms in total. The van der Waals surface area contributed by atoms with Crippen LogP contribution in [0.4, 0.5) is 0 Å². The van der Waals surface area contributed by atoms with Crippen molar-refractivity contribution < 1.29 is 9.90 Å². The molecule has 1 amide bonds. The van der Waals surface area contributed by atoms with E-state index >= 15 is 0 Å². The molecule has 2 heterocycles. The fourth-order valence-electron chi connectivity index (χ4n) is 4.96. The van der Waals surface area contributed by atoms with Crippen LogP contribution < -0.4 is 10.9 Å². The molecule has 2 aliphatic rings. The van der Waals surface area contributed by atoms with Crippen molar-refractivity contribution in [3.8, 4) is 5.75 Å². The molecule has 0 radical (unpaired) electrons. The predicted molar refractivity (Wildman–Crippen MR) is 125 cm³/mol. The first-order valence-electron chi connectivity index (χ1n) is 10.6. The van der Waals surface area contributed by atoms with Crippen molar-refractivity contribution >= 4 is 29.1 Å². The molecule has 2 aliphatic heterocycles. The Morgan fingerprint density at radius 1 is 0.875 bits per heavy atom. The van der Waals surface area contributed by atoms with E-state index < -0.39 is 6.04 Å². The Morgan fingerprint density at radius 3 is 2.34 bits per heavy atom. The van der Waals surface area contributed by atoms with Crippen LogP contribution in [0.3, 0.4) is 0 Å². The van der Waals surface area contributed by atoms with Gasteiger partial charge in [0, 0.05) is 18.0 Å². The molecule has 2 saturated heterocycles. The second-order valence-electron chi connectivity index (χ2n) is 8.27. The van der Waals surface area contributed by atoms with Crippen molar-refractivity contribution in [1.82, 2.24) is 15.8 Å². The summed E-state index contributed by atoms with van der Waals surface area (Å²) in [5.41, 5.74) is 9.30. The summed E-state index contributed by atoms with van der Waals surface area (Å²) in [5, 5.41) is 11.4. The number of hydrogen-bond acceptors (Lipinski definition) is 4. The van der Waals surface area contributed by atoms with Crippen molar-refractivity contribution in [3.05, 3.63) is 99.5 Å². The molecule has 32 heavy (non-hydrogen) atoms. The number of rotatable bonds is 5. The van der Waals surface area contributed by atoms with Gasteiger partial charge in [-0.25, -0.2) is 10.9 Å². The minimum Gasteiger partial charge on any atom is -0.508 e. The van der Waals surface area contributed by atoms with Gasteiger partial charge in [0.2, 0.25) is 5.91 Å². The number of hydrogen-bond donors (Lipinski definition) is 3. The molecule has 0 bridgehead atoms. The smallest absolute Gasteiger partial charge is 0.242 e. The van der Waals surface area contributed by atoms with E-state index in [1.165, 1.54) is 5.56 Å². The van der Waals surface area contributed by atoms with Gasteiger partial charge in [0.1, 0.15) is 11.8 Å². The molecule has 3 aromatic carbocycles. The van der Waals surface area contributed by atoms with E-state index in [1.807, 2.05) is 47.4 Å². The average Bonchev–Trinajstić information content (AvgIpc) is 3.34. The number of benzene rings is 3. The normalized spacial score (nSPS) is 24.7. The lowest BCUT2D eigenvalue weighted by atomic mass is 9.83. The average molecular weight is 468 g/mol. The van der Waals surface area contributed by atoms with Crippen LogP contribution in [0, 0.1) is 5.92 Å². The number of nitrogens with zero attached hydrogens (tertiary/aromatic N) is 1. The molecule has 3 aromatic rings. The Kier molecular flexibility index (Phi) is 5.82. The minimum atomic E-state index is -0.408. The van der Waals surface area contributed by atoms with E-state index in [0.29, 0.717) is 16.6 Å². The molecule has 7 heteroatoms. The van der Waals surface area contributed by atoms with Crippen molar-refractivity contribution in [3.63, 3.8) is 0 Å². The molecule has 2 fully saturated rings. The monoisotopic (exact) mass is 467 g/mol. The molecule has 0 aliphatic carbocycles. The Hall–Kier alpha value is -2.57. The first-order valence-corrected chi connectivity index (χ1v) is 11.4. The summed E-state index contributed by atoms with van der Waals surface area (Å²) in [6.45, 7) is 0.579. The number of amides is 1. The van der Waals surface area contributed by atoms with Gasteiger partial charge < -0.3 is 10.0 Å². The SMILES string of the molecule is O=C1C2NNC(c3ccccc3O)C2C(c2ccc(Cl)c(Cl)c2)N1CCc1ccccc1. The summed E-state index contributed by atoms with van der Waals surface area (Å²) >= 11 is 12.5. The Balaban J connectivity index is 1.54. The third-order valence-corrected chi connectivity index (χ3v) is 7.19. The highest BCUT2D eigenvalue weighted by Gasteiger charge is 2.55. The van der Waals surface area contributed by atoms with Crippen LogP contribution in [0.1, 0.15) is 28.8 Å². The van der Waals surface area contributed by atoms with Crippen molar-refractivity contribution in [1.29, 1.82) is 0 Å². The number of halogens is 2. The summed E-state index contributed by atoms with van der Waals surface area (Å²) in [6, 6.07) is 22.1. The molecule has 164 valence electrons. The fraction of sp³-hybridized carbons (Fsp3) is 0.240. The lowest BCUT2D eigenvalue weighted by molar-refractivity contribution is -0.130. The van der Waals surface area contributed by atoms with Gasteiger partial charge in [0.05, 0.1) is 22.1 Å². The minimum absolute atomic E-state index is 0.0347. The molecule has 0 aromatic heterocycles. The van der Waals surface area contributed by atoms with Crippen LogP contribution >= 0.6 is 23.2 Å². The second kappa shape index (κ2) is 8.75. The Morgan fingerprint density at radius 2 is 1.59 bits per heavy atom. The van der Waals surface area contributed by atoms with Gasteiger partial charge in [0.25, 0.3) is 0 Å². The van der Waals surface area contributed by atoms with Gasteiger partial charge in [-0.1, -0.05) is 77.8 Å². The molecule has 4 atom stereocenters. The molecule has 4 unspecified atom stereocenters. The number of phenols is 1. The lowest BCUT2D eigenvalue weighted by Gasteiger charge is -2.31. The van der Waals surface area contributed by atoms with E-state index in [4.69, 9.17) is 23.2 Å². The zero-order valence-corrected chi connectivity index (χ0v) is 18.7. The van der Waals surface area contributed by atoms with Crippen molar-refractivity contribution in [2.75, 3.05) is 6.54 Å². The number of nitrogens with one attached hydrogen (secondary N) is 2. The van der Waals surface area contributed by atoms with Crippen molar-refractivity contribution in [2.45, 2.75) is 24.5 Å². The van der Waals surface area contributed by atoms with E-state index in [0.717, 1.165) is 17.5 Å². The zero-order valence-electron chi connectivity index (χ0n) is 17.2. The lowest BCUT2D eigenvalue weighted by Crippen LogP contribution is -2.42. The molecular formula is C25H23Cl2N3O2. The predicted octanol–water partition coefficient (Wildman–Crippen LogP) is 4.66. The third-order valence-electron chi connectivity index (χ3n) is 6.45. The Labute approximate surface area is 196 Å². The van der Waals surface area contributed by atoms with Crippen LogP contribution in [0.15, 0.2) is 72.8 Å². The molecule has 5 rings (SSSR count). The third kappa shape index (κ3) is 3.76. The summed E-state index contributed by atoms with van der Waals surface area (Å²) < 4.78 is 0. The summed E-state index contributed by atoms with van der Waals surface area (Å²) in [6.07, 6.45) is 0.749. The van der Waals surface area contributed by atoms with Gasteiger partial charge in [-0.15, -0.1) is 0 Å². The largest absolute Gasteiger partial charge is 0.508 e. The summed E-state index contributed by atoms with van der Waals surface area (Å²) in [5.74, 6) is 0.103. The maximum Gasteiger partial charge on any atom is 0.242 e. The van der Waals surface area contributed by atoms with Gasteiger partial charge in [-0.05, 0) is 35.7 Å². The Bertz CT molecular complexity index is 1140. The van der Waals surface area contributed by atoms with Crippen LogP contribution in [-0.4, -0.2) is 28.5 Å². The van der Waals surface area contributed by atoms with Crippen LogP contribution in [-0.2, 0) is 11.2 Å². The zero-order chi connectivity index (χ0) is 22.2. The topological polar surface area (TPSA) is 64.6 Å². The number of hydrazine groups is 1. The van der Waals surface area contributed by atoms with Gasteiger partial charge >= 0.3 is 0 Å². The number of likely N-dealkylation sites (tertiary alicyclic amines) is 1. The maximum atomic E-state index is 13.5. The van der Waals surface area contributed by atoms with Crippen LogP contribution in [0.25, 0.3) is 0 Å². The van der Waals surface area contributed by atoms with Crippen LogP contribution in [0.5, 0.6) is 5.75 Å². The van der Waals surface area contributed by atoms with Gasteiger partial charge in [-0.3, -0.25) is 4.79 Å². The molecule has 0 spiro atoms. The highest BCUT2D eigenvalue weighted by molar-refractivity contribution is 6.42. The van der Waals surface area contributed by atoms with Crippen molar-refractivity contribution in [2.24, 2.45) is 5.92 Å².